The highest BCUT2D eigenvalue weighted by molar-refractivity contribution is 5.73. The van der Waals surface area contributed by atoms with Crippen molar-refractivity contribution in [2.24, 2.45) is 7.05 Å². The summed E-state index contributed by atoms with van der Waals surface area (Å²) in [4.78, 5) is 15.2. The molecular formula is C14H17F3N4O3. The third-order valence-corrected chi connectivity index (χ3v) is 3.44. The van der Waals surface area contributed by atoms with E-state index in [1.807, 2.05) is 0 Å². The van der Waals surface area contributed by atoms with Crippen LogP contribution in [0.2, 0.25) is 0 Å². The summed E-state index contributed by atoms with van der Waals surface area (Å²) in [5, 5.41) is 14.8. The third kappa shape index (κ3) is 3.88. The molecule has 0 aliphatic rings. The van der Waals surface area contributed by atoms with Crippen LogP contribution in [0.15, 0.2) is 35.2 Å². The highest BCUT2D eigenvalue weighted by atomic mass is 19.4. The standard InChI is InChI=1S/C14H17F3N4O3/c1-21-7-6-18-11(21)13(23,14(15,16)17)4-5-19-12(22)20-9-10-3-2-8-24-10/h2-3,6-8,23H,4-5,9H2,1H3,(H2,19,20,22)/t13-/m1/s1. The van der Waals surface area contributed by atoms with Crippen LogP contribution >= 0.6 is 0 Å². The highest BCUT2D eigenvalue weighted by Crippen LogP contribution is 2.40. The number of imidazole rings is 1. The Morgan fingerprint density at radius 3 is 2.71 bits per heavy atom. The van der Waals surface area contributed by atoms with E-state index in [1.165, 1.54) is 19.5 Å². The number of hydrogen-bond donors (Lipinski definition) is 3. The molecule has 0 unspecified atom stereocenters. The Bertz CT molecular complexity index is 669. The summed E-state index contributed by atoms with van der Waals surface area (Å²) in [5.41, 5.74) is -3.15. The molecule has 2 amide bonds. The summed E-state index contributed by atoms with van der Waals surface area (Å²) in [6.07, 6.45) is -1.80. The van der Waals surface area contributed by atoms with Crippen molar-refractivity contribution in [2.45, 2.75) is 24.7 Å². The number of carbonyl (C=O) groups is 1. The quantitative estimate of drug-likeness (QED) is 0.742. The fraction of sp³-hybridized carbons (Fsp3) is 0.429. The monoisotopic (exact) mass is 346 g/mol. The Morgan fingerprint density at radius 1 is 1.42 bits per heavy atom. The number of hydrogen-bond acceptors (Lipinski definition) is 4. The van der Waals surface area contributed by atoms with E-state index in [1.54, 1.807) is 12.1 Å². The van der Waals surface area contributed by atoms with Crippen molar-refractivity contribution >= 4 is 6.03 Å². The number of urea groups is 1. The van der Waals surface area contributed by atoms with E-state index in [9.17, 15) is 23.1 Å². The first-order valence-electron chi connectivity index (χ1n) is 7.05. The van der Waals surface area contributed by atoms with Crippen LogP contribution in [0, 0.1) is 0 Å². The van der Waals surface area contributed by atoms with Crippen LogP contribution in [-0.4, -0.2) is 33.4 Å². The maximum absolute atomic E-state index is 13.3. The van der Waals surface area contributed by atoms with Gasteiger partial charge in [-0.2, -0.15) is 13.2 Å². The summed E-state index contributed by atoms with van der Waals surface area (Å²) in [7, 11) is 1.35. The average molecular weight is 346 g/mol. The fourth-order valence-corrected chi connectivity index (χ4v) is 2.14. The first-order chi connectivity index (χ1) is 11.2. The number of amides is 2. The van der Waals surface area contributed by atoms with Crippen molar-refractivity contribution in [3.05, 3.63) is 42.4 Å². The van der Waals surface area contributed by atoms with Crippen molar-refractivity contribution < 1.29 is 27.5 Å². The molecule has 7 nitrogen and oxygen atoms in total. The first kappa shape index (κ1) is 17.9. The summed E-state index contributed by atoms with van der Waals surface area (Å²) in [5.74, 6) is -0.0299. The molecule has 0 saturated heterocycles. The second-order valence-electron chi connectivity index (χ2n) is 5.16. The van der Waals surface area contributed by atoms with Crippen LogP contribution in [0.3, 0.4) is 0 Å². The zero-order chi connectivity index (χ0) is 17.8. The number of alkyl halides is 3. The van der Waals surface area contributed by atoms with Gasteiger partial charge in [-0.1, -0.05) is 0 Å². The van der Waals surface area contributed by atoms with E-state index in [0.29, 0.717) is 5.76 Å². The second-order valence-corrected chi connectivity index (χ2v) is 5.16. The zero-order valence-electron chi connectivity index (χ0n) is 12.8. The van der Waals surface area contributed by atoms with Gasteiger partial charge >= 0.3 is 12.2 Å². The van der Waals surface area contributed by atoms with E-state index in [-0.39, 0.29) is 6.54 Å². The Balaban J connectivity index is 1.92. The number of aliphatic hydroxyl groups is 1. The predicted octanol–water partition coefficient (Wildman–Crippen LogP) is 1.65. The maximum Gasteiger partial charge on any atom is 0.424 e. The smallest absolute Gasteiger partial charge is 0.424 e. The molecule has 0 saturated carbocycles. The summed E-state index contributed by atoms with van der Waals surface area (Å²) in [6, 6.07) is 2.62. The van der Waals surface area contributed by atoms with Gasteiger partial charge in [-0.25, -0.2) is 9.78 Å². The van der Waals surface area contributed by atoms with E-state index in [4.69, 9.17) is 4.42 Å². The number of rotatable bonds is 6. The predicted molar refractivity (Wildman–Crippen MR) is 76.7 cm³/mol. The van der Waals surface area contributed by atoms with Gasteiger partial charge < -0.3 is 24.7 Å². The summed E-state index contributed by atoms with van der Waals surface area (Å²) in [6.45, 7) is -0.297. The number of furan rings is 1. The number of aromatic nitrogens is 2. The molecular weight excluding hydrogens is 329 g/mol. The molecule has 0 fully saturated rings. The number of halogens is 3. The lowest BCUT2D eigenvalue weighted by Crippen LogP contribution is -2.47. The van der Waals surface area contributed by atoms with Crippen molar-refractivity contribution in [3.63, 3.8) is 0 Å². The number of carbonyl (C=O) groups excluding carboxylic acids is 1. The molecule has 0 aliphatic heterocycles. The number of nitrogens with zero attached hydrogens (tertiary/aromatic N) is 2. The van der Waals surface area contributed by atoms with Crippen molar-refractivity contribution in [3.8, 4) is 0 Å². The van der Waals surface area contributed by atoms with E-state index >= 15 is 0 Å². The largest absolute Gasteiger partial charge is 0.467 e. The average Bonchev–Trinajstić information content (AvgIpc) is 3.15. The van der Waals surface area contributed by atoms with Gasteiger partial charge in [-0.05, 0) is 12.1 Å². The van der Waals surface area contributed by atoms with Crippen LogP contribution in [0.4, 0.5) is 18.0 Å². The van der Waals surface area contributed by atoms with Gasteiger partial charge in [0.2, 0.25) is 5.60 Å². The minimum Gasteiger partial charge on any atom is -0.467 e. The molecule has 2 aromatic heterocycles. The van der Waals surface area contributed by atoms with E-state index in [0.717, 1.165) is 10.8 Å². The zero-order valence-corrected chi connectivity index (χ0v) is 12.8. The van der Waals surface area contributed by atoms with Gasteiger partial charge in [0.05, 0.1) is 12.8 Å². The number of aryl methyl sites for hydroxylation is 1. The van der Waals surface area contributed by atoms with Gasteiger partial charge in [-0.3, -0.25) is 0 Å². The second kappa shape index (κ2) is 6.95. The van der Waals surface area contributed by atoms with Gasteiger partial charge in [0.15, 0.2) is 0 Å². The molecule has 2 heterocycles. The third-order valence-electron chi connectivity index (χ3n) is 3.44. The van der Waals surface area contributed by atoms with Gasteiger partial charge in [-0.15, -0.1) is 0 Å². The van der Waals surface area contributed by atoms with E-state index < -0.39 is 36.6 Å². The van der Waals surface area contributed by atoms with Crippen LogP contribution in [-0.2, 0) is 19.2 Å². The van der Waals surface area contributed by atoms with E-state index in [2.05, 4.69) is 15.6 Å². The molecule has 0 spiro atoms. The van der Waals surface area contributed by atoms with Crippen LogP contribution in [0.25, 0.3) is 0 Å². The van der Waals surface area contributed by atoms with Crippen molar-refractivity contribution in [1.82, 2.24) is 20.2 Å². The lowest BCUT2D eigenvalue weighted by atomic mass is 9.97. The Morgan fingerprint density at radius 2 is 2.17 bits per heavy atom. The molecule has 10 heteroatoms. The Labute approximate surface area is 135 Å². The van der Waals surface area contributed by atoms with Gasteiger partial charge in [0.1, 0.15) is 11.6 Å². The minimum atomic E-state index is -4.93. The van der Waals surface area contributed by atoms with Crippen LogP contribution in [0.5, 0.6) is 0 Å². The van der Waals surface area contributed by atoms with Crippen molar-refractivity contribution in [2.75, 3.05) is 6.54 Å². The highest BCUT2D eigenvalue weighted by Gasteiger charge is 2.57. The molecule has 132 valence electrons. The Hall–Kier alpha value is -2.49. The summed E-state index contributed by atoms with van der Waals surface area (Å²) < 4.78 is 45.9. The molecule has 0 aliphatic carbocycles. The molecule has 2 aromatic rings. The summed E-state index contributed by atoms with van der Waals surface area (Å²) >= 11 is 0. The Kier molecular flexibility index (Phi) is 5.17. The van der Waals surface area contributed by atoms with Gasteiger partial charge in [0, 0.05) is 32.4 Å². The lowest BCUT2D eigenvalue weighted by molar-refractivity contribution is -0.272. The lowest BCUT2D eigenvalue weighted by Gasteiger charge is -2.29. The molecule has 3 N–H and O–H groups in total. The molecule has 24 heavy (non-hydrogen) atoms. The topological polar surface area (TPSA) is 92.3 Å². The number of nitrogens with one attached hydrogen (secondary N) is 2. The molecule has 1 atom stereocenters. The molecule has 2 rings (SSSR count). The first-order valence-corrected chi connectivity index (χ1v) is 7.05. The molecule has 0 aromatic carbocycles. The van der Waals surface area contributed by atoms with Gasteiger partial charge in [0.25, 0.3) is 0 Å². The fourth-order valence-electron chi connectivity index (χ4n) is 2.14. The van der Waals surface area contributed by atoms with Crippen LogP contribution < -0.4 is 10.6 Å². The van der Waals surface area contributed by atoms with Crippen molar-refractivity contribution in [1.29, 1.82) is 0 Å². The molecule has 0 radical (unpaired) electrons. The maximum atomic E-state index is 13.3. The minimum absolute atomic E-state index is 0.0989. The molecule has 0 bridgehead atoms. The SMILES string of the molecule is Cn1ccnc1[C@](O)(CCNC(=O)NCc1ccco1)C(F)(F)F. The normalized spacial score (nSPS) is 14.2. The van der Waals surface area contributed by atoms with Crippen LogP contribution in [0.1, 0.15) is 18.0 Å².